The number of carbonyl (C=O) groups is 1. The second kappa shape index (κ2) is 4.31. The van der Waals surface area contributed by atoms with E-state index in [-0.39, 0.29) is 23.9 Å². The highest BCUT2D eigenvalue weighted by Gasteiger charge is 2.28. The molecule has 1 aliphatic heterocycles. The highest BCUT2D eigenvalue weighted by atomic mass is 16.4. The minimum Gasteiger partial charge on any atom is -0.481 e. The summed E-state index contributed by atoms with van der Waals surface area (Å²) in [5.41, 5.74) is 0.584. The van der Waals surface area contributed by atoms with E-state index in [2.05, 4.69) is 4.98 Å². The molecule has 1 aliphatic rings. The summed E-state index contributed by atoms with van der Waals surface area (Å²) in [6.45, 7) is 3.73. The Morgan fingerprint density at radius 1 is 1.59 bits per heavy atom. The maximum atomic E-state index is 11.9. The monoisotopic (exact) mass is 236 g/mol. The van der Waals surface area contributed by atoms with Crippen molar-refractivity contribution >= 4 is 5.97 Å². The van der Waals surface area contributed by atoms with Crippen LogP contribution in [-0.4, -0.2) is 20.6 Å². The van der Waals surface area contributed by atoms with Crippen LogP contribution in [0, 0.1) is 6.92 Å². The Hall–Kier alpha value is -1.65. The largest absolute Gasteiger partial charge is 0.481 e. The number of hydrogen-bond donors (Lipinski definition) is 1. The average molecular weight is 236 g/mol. The van der Waals surface area contributed by atoms with Gasteiger partial charge in [0.15, 0.2) is 0 Å². The third-order valence-corrected chi connectivity index (χ3v) is 3.27. The lowest BCUT2D eigenvalue weighted by Gasteiger charge is -2.29. The van der Waals surface area contributed by atoms with Crippen molar-refractivity contribution in [3.8, 4) is 0 Å². The molecule has 0 aliphatic carbocycles. The van der Waals surface area contributed by atoms with Crippen molar-refractivity contribution in [3.05, 3.63) is 27.9 Å². The molecule has 17 heavy (non-hydrogen) atoms. The Labute approximate surface area is 99.1 Å². The first-order valence-corrected chi connectivity index (χ1v) is 5.81. The molecule has 2 rings (SSSR count). The summed E-state index contributed by atoms with van der Waals surface area (Å²) in [5.74, 6) is -0.348. The third-order valence-electron chi connectivity index (χ3n) is 3.27. The van der Waals surface area contributed by atoms with Gasteiger partial charge < -0.3 is 5.11 Å². The SMILES string of the molecule is Cc1cc(=O)n2c(n1)C(CC(=O)O)CCC2C. The Balaban J connectivity index is 2.51. The fourth-order valence-corrected chi connectivity index (χ4v) is 2.46. The van der Waals surface area contributed by atoms with Crippen molar-refractivity contribution in [3.63, 3.8) is 0 Å². The third kappa shape index (κ3) is 2.23. The molecule has 2 heterocycles. The predicted molar refractivity (Wildman–Crippen MR) is 62.2 cm³/mol. The van der Waals surface area contributed by atoms with E-state index in [4.69, 9.17) is 5.11 Å². The van der Waals surface area contributed by atoms with Crippen LogP contribution in [0.5, 0.6) is 0 Å². The molecule has 0 saturated carbocycles. The van der Waals surface area contributed by atoms with Crippen LogP contribution < -0.4 is 5.56 Å². The van der Waals surface area contributed by atoms with Crippen LogP contribution in [0.2, 0.25) is 0 Å². The van der Waals surface area contributed by atoms with Gasteiger partial charge in [-0.25, -0.2) is 4.98 Å². The van der Waals surface area contributed by atoms with E-state index in [0.29, 0.717) is 11.5 Å². The zero-order chi connectivity index (χ0) is 12.6. The van der Waals surface area contributed by atoms with Gasteiger partial charge in [-0.1, -0.05) is 0 Å². The first-order chi connectivity index (χ1) is 7.99. The molecular weight excluding hydrogens is 220 g/mol. The molecule has 0 saturated heterocycles. The normalized spacial score (nSPS) is 23.2. The quantitative estimate of drug-likeness (QED) is 0.843. The van der Waals surface area contributed by atoms with Crippen LogP contribution in [0.4, 0.5) is 0 Å². The lowest BCUT2D eigenvalue weighted by atomic mass is 9.91. The Kier molecular flexibility index (Phi) is 3.00. The van der Waals surface area contributed by atoms with Crippen molar-refractivity contribution in [1.29, 1.82) is 0 Å². The zero-order valence-electron chi connectivity index (χ0n) is 10.0. The van der Waals surface area contributed by atoms with E-state index >= 15 is 0 Å². The molecule has 0 amide bonds. The van der Waals surface area contributed by atoms with Gasteiger partial charge in [0.05, 0.1) is 6.42 Å². The zero-order valence-corrected chi connectivity index (χ0v) is 10.0. The molecule has 1 N–H and O–H groups in total. The topological polar surface area (TPSA) is 72.2 Å². The number of carboxylic acid groups (broad SMARTS) is 1. The summed E-state index contributed by atoms with van der Waals surface area (Å²) >= 11 is 0. The van der Waals surface area contributed by atoms with Gasteiger partial charge in [-0.2, -0.15) is 0 Å². The number of rotatable bonds is 2. The van der Waals surface area contributed by atoms with Crippen molar-refractivity contribution < 1.29 is 9.90 Å². The highest BCUT2D eigenvalue weighted by Crippen LogP contribution is 2.32. The minimum absolute atomic E-state index is 0.0443. The van der Waals surface area contributed by atoms with Crippen LogP contribution >= 0.6 is 0 Å². The number of aromatic nitrogens is 2. The Morgan fingerprint density at radius 3 is 2.94 bits per heavy atom. The molecule has 0 bridgehead atoms. The second-order valence-corrected chi connectivity index (χ2v) is 4.69. The molecule has 0 fully saturated rings. The lowest BCUT2D eigenvalue weighted by molar-refractivity contribution is -0.137. The van der Waals surface area contributed by atoms with Gasteiger partial charge in [-0.3, -0.25) is 14.2 Å². The fourth-order valence-electron chi connectivity index (χ4n) is 2.46. The smallest absolute Gasteiger partial charge is 0.304 e. The Morgan fingerprint density at radius 2 is 2.29 bits per heavy atom. The van der Waals surface area contributed by atoms with E-state index in [1.54, 1.807) is 11.5 Å². The molecule has 5 nitrogen and oxygen atoms in total. The van der Waals surface area contributed by atoms with Gasteiger partial charge >= 0.3 is 5.97 Å². The molecule has 1 aromatic heterocycles. The van der Waals surface area contributed by atoms with Gasteiger partial charge in [0, 0.05) is 23.7 Å². The van der Waals surface area contributed by atoms with Gasteiger partial charge in [0.2, 0.25) is 0 Å². The summed E-state index contributed by atoms with van der Waals surface area (Å²) in [7, 11) is 0. The average Bonchev–Trinajstić information content (AvgIpc) is 2.20. The molecule has 5 heteroatoms. The van der Waals surface area contributed by atoms with Crippen LogP contribution in [0.15, 0.2) is 10.9 Å². The number of hydrogen-bond acceptors (Lipinski definition) is 3. The van der Waals surface area contributed by atoms with Crippen LogP contribution in [-0.2, 0) is 4.79 Å². The number of fused-ring (bicyclic) bond motifs is 1. The molecule has 2 atom stereocenters. The molecular formula is C12H16N2O3. The first kappa shape index (κ1) is 11.8. The molecule has 1 aromatic rings. The van der Waals surface area contributed by atoms with Crippen molar-refractivity contribution in [1.82, 2.24) is 9.55 Å². The maximum Gasteiger partial charge on any atom is 0.304 e. The summed E-state index contributed by atoms with van der Waals surface area (Å²) < 4.78 is 1.64. The maximum absolute atomic E-state index is 11.9. The van der Waals surface area contributed by atoms with Gasteiger partial charge in [-0.15, -0.1) is 0 Å². The highest BCUT2D eigenvalue weighted by molar-refractivity contribution is 5.67. The Bertz CT molecular complexity index is 507. The molecule has 0 spiro atoms. The van der Waals surface area contributed by atoms with E-state index in [0.717, 1.165) is 12.8 Å². The van der Waals surface area contributed by atoms with Crippen LogP contribution in [0.1, 0.15) is 49.7 Å². The number of carboxylic acids is 1. The first-order valence-electron chi connectivity index (χ1n) is 5.81. The van der Waals surface area contributed by atoms with Gasteiger partial charge in [0.1, 0.15) is 5.82 Å². The van der Waals surface area contributed by atoms with Crippen LogP contribution in [0.3, 0.4) is 0 Å². The summed E-state index contributed by atoms with van der Waals surface area (Å²) in [6, 6.07) is 1.61. The number of aliphatic carboxylic acids is 1. The van der Waals surface area contributed by atoms with Gasteiger partial charge in [0.25, 0.3) is 5.56 Å². The number of aryl methyl sites for hydroxylation is 1. The van der Waals surface area contributed by atoms with Crippen LogP contribution in [0.25, 0.3) is 0 Å². The summed E-state index contributed by atoms with van der Waals surface area (Å²) in [6.07, 6.45) is 1.65. The van der Waals surface area contributed by atoms with E-state index < -0.39 is 5.97 Å². The van der Waals surface area contributed by atoms with Gasteiger partial charge in [-0.05, 0) is 26.7 Å². The summed E-state index contributed by atoms with van der Waals surface area (Å²) in [5, 5.41) is 8.88. The standard InChI is InChI=1S/C12H16N2O3/c1-7-5-10(15)14-8(2)3-4-9(6-11(16)17)12(14)13-7/h5,8-9H,3-4,6H2,1-2H3,(H,16,17). The molecule has 0 aromatic carbocycles. The molecule has 0 radical (unpaired) electrons. The minimum atomic E-state index is -0.841. The molecule has 2 unspecified atom stereocenters. The predicted octanol–water partition coefficient (Wildman–Crippen LogP) is 1.46. The number of nitrogens with zero attached hydrogens (tertiary/aromatic N) is 2. The van der Waals surface area contributed by atoms with Crippen molar-refractivity contribution in [2.24, 2.45) is 0 Å². The van der Waals surface area contributed by atoms with E-state index in [9.17, 15) is 9.59 Å². The fraction of sp³-hybridized carbons (Fsp3) is 0.583. The molecule has 92 valence electrons. The van der Waals surface area contributed by atoms with E-state index in [1.165, 1.54) is 6.07 Å². The van der Waals surface area contributed by atoms with Crippen molar-refractivity contribution in [2.75, 3.05) is 0 Å². The summed E-state index contributed by atoms with van der Waals surface area (Å²) in [4.78, 5) is 27.1. The second-order valence-electron chi connectivity index (χ2n) is 4.69. The van der Waals surface area contributed by atoms with Crippen molar-refractivity contribution in [2.45, 2.75) is 45.1 Å². The lowest BCUT2D eigenvalue weighted by Crippen LogP contribution is -2.33. The van der Waals surface area contributed by atoms with E-state index in [1.807, 2.05) is 6.92 Å².